The molecule has 0 unspecified atom stereocenters. The minimum atomic E-state index is 0.196. The van der Waals surface area contributed by atoms with Gasteiger partial charge in [0.1, 0.15) is 64.5 Å². The second kappa shape index (κ2) is 20.1. The number of rotatable bonds is 12. The number of fused-ring (bicyclic) bond motifs is 2. The van der Waals surface area contributed by atoms with E-state index in [9.17, 15) is 4.79 Å². The number of nitrogen functional groups attached to an aromatic ring is 2. The van der Waals surface area contributed by atoms with E-state index in [1.807, 2.05) is 109 Å². The predicted molar refractivity (Wildman–Crippen MR) is 280 cm³/mol. The highest BCUT2D eigenvalue weighted by molar-refractivity contribution is 5.99. The molecule has 2 saturated heterocycles. The Morgan fingerprint density at radius 3 is 1.17 bits per heavy atom. The molecular formula is C57H62N12O3. The third-order valence-corrected chi connectivity index (χ3v) is 16.2. The highest BCUT2D eigenvalue weighted by Crippen LogP contribution is 2.41. The van der Waals surface area contributed by atoms with Gasteiger partial charge in [0.2, 0.25) is 0 Å². The van der Waals surface area contributed by atoms with Crippen molar-refractivity contribution in [2.45, 2.75) is 101 Å². The molecule has 0 spiro atoms. The molecule has 0 amide bonds. The Labute approximate surface area is 419 Å². The van der Waals surface area contributed by atoms with Crippen LogP contribution in [0.5, 0.6) is 23.0 Å². The number of likely N-dealkylation sites (tertiary alicyclic amines) is 2. The van der Waals surface area contributed by atoms with Crippen molar-refractivity contribution in [2.75, 3.05) is 37.6 Å². The molecule has 0 atom stereocenters. The molecule has 15 heteroatoms. The lowest BCUT2D eigenvalue weighted by molar-refractivity contribution is -0.129. The number of ether oxygens (including phenoxy) is 2. The van der Waals surface area contributed by atoms with Crippen LogP contribution in [-0.4, -0.2) is 93.3 Å². The number of carbonyl (C=O) groups is 1. The summed E-state index contributed by atoms with van der Waals surface area (Å²) in [4.78, 5) is 37.5. The maximum atomic E-state index is 14.1. The number of nitrogens with two attached hydrogens (primary N) is 2. The smallest absolute Gasteiger partial charge is 0.164 e. The molecule has 0 radical (unpaired) electrons. The Balaban J connectivity index is 0.611. The molecule has 12 rings (SSSR count). The molecule has 368 valence electrons. The lowest BCUT2D eigenvalue weighted by atomic mass is 9.74. The van der Waals surface area contributed by atoms with Crippen LogP contribution in [0.4, 0.5) is 11.6 Å². The molecule has 72 heavy (non-hydrogen) atoms. The average Bonchev–Trinajstić information content (AvgIpc) is 4.03. The molecule has 4 aromatic carbocycles. The number of carbonyl (C=O) groups excluding carboxylic acids is 1. The standard InChI is InChI=1S/C57H62N12O3/c58-54-49-51(37-15-23-47(24-16-37)71-45-7-3-1-4-8-45)64-68(56(49)62-35-60-54)43-27-31-66(32-28-43)41-19-11-39(12-20-41)53(70)40-13-21-42(22-14-40)67-33-29-44(30-34-67)69-57-50(55(59)61-36-63-57)52(65-69)38-17-25-48(26-18-38)72-46-9-5-2-6-10-46/h1-10,15-18,23-26,35-36,39-44H,11-14,19-22,27-34H2,(H2,58,60,62)(H2,59,61,63). The van der Waals surface area contributed by atoms with Crippen LogP contribution in [0.25, 0.3) is 44.6 Å². The average molecular weight is 963 g/mol. The van der Waals surface area contributed by atoms with Crippen LogP contribution in [0, 0.1) is 11.8 Å². The molecular weight excluding hydrogens is 901 g/mol. The van der Waals surface area contributed by atoms with Gasteiger partial charge in [-0.05, 0) is 150 Å². The largest absolute Gasteiger partial charge is 0.457 e. The number of aromatic nitrogens is 8. The van der Waals surface area contributed by atoms with Crippen molar-refractivity contribution in [1.82, 2.24) is 49.3 Å². The first-order valence-electron chi connectivity index (χ1n) is 26.1. The Morgan fingerprint density at radius 2 is 0.792 bits per heavy atom. The van der Waals surface area contributed by atoms with E-state index in [1.165, 1.54) is 0 Å². The molecule has 15 nitrogen and oxygen atoms in total. The van der Waals surface area contributed by atoms with Gasteiger partial charge in [-0.3, -0.25) is 4.79 Å². The van der Waals surface area contributed by atoms with Crippen LogP contribution in [0.2, 0.25) is 0 Å². The van der Waals surface area contributed by atoms with Crippen molar-refractivity contribution in [3.8, 4) is 45.5 Å². The van der Waals surface area contributed by atoms with E-state index in [-0.39, 0.29) is 23.9 Å². The summed E-state index contributed by atoms with van der Waals surface area (Å²) < 4.78 is 16.3. The lowest BCUT2D eigenvalue weighted by Crippen LogP contribution is -2.45. The number of para-hydroxylation sites is 2. The first-order chi connectivity index (χ1) is 35.4. The SMILES string of the molecule is Nc1ncnc2c1c(-c1ccc(Oc3ccccc3)cc1)nn2C1CCN(C2CCC(C(=O)C3CCC(N4CCC(n5nc(-c6ccc(Oc7ccccc7)cc6)c6c(N)ncnc65)CC4)CC3)CC2)CC1. The number of Topliss-reactive ketones (excluding diaryl/α,β-unsaturated/α-hetero) is 1. The number of hydrogen-bond donors (Lipinski definition) is 2. The molecule has 4 aromatic heterocycles. The van der Waals surface area contributed by atoms with E-state index in [2.05, 4.69) is 29.1 Å². The van der Waals surface area contributed by atoms with Gasteiger partial charge in [-0.1, -0.05) is 36.4 Å². The molecule has 6 heterocycles. The fourth-order valence-corrected chi connectivity index (χ4v) is 12.3. The van der Waals surface area contributed by atoms with Gasteiger partial charge >= 0.3 is 0 Å². The summed E-state index contributed by atoms with van der Waals surface area (Å²) in [5.74, 6) is 4.89. The fourth-order valence-electron chi connectivity index (χ4n) is 12.3. The summed E-state index contributed by atoms with van der Waals surface area (Å²) in [7, 11) is 0. The Bertz CT molecular complexity index is 2920. The van der Waals surface area contributed by atoms with Crippen molar-refractivity contribution in [3.63, 3.8) is 0 Å². The van der Waals surface area contributed by atoms with Gasteiger partial charge < -0.3 is 30.7 Å². The van der Waals surface area contributed by atoms with E-state index in [4.69, 9.17) is 41.1 Å². The van der Waals surface area contributed by atoms with Gasteiger partial charge in [0.15, 0.2) is 11.3 Å². The summed E-state index contributed by atoms with van der Waals surface area (Å²) in [6.45, 7) is 4.00. The summed E-state index contributed by atoms with van der Waals surface area (Å²) in [6, 6.07) is 37.0. The Hall–Kier alpha value is -7.23. The maximum Gasteiger partial charge on any atom is 0.164 e. The number of ketones is 1. The maximum absolute atomic E-state index is 14.1. The molecule has 4 N–H and O–H groups in total. The Morgan fingerprint density at radius 1 is 0.431 bits per heavy atom. The van der Waals surface area contributed by atoms with Gasteiger partial charge in [0.25, 0.3) is 0 Å². The molecule has 4 aliphatic rings. The zero-order valence-electron chi connectivity index (χ0n) is 40.7. The predicted octanol–water partition coefficient (Wildman–Crippen LogP) is 10.7. The second-order valence-electron chi connectivity index (χ2n) is 20.3. The topological polar surface area (TPSA) is 181 Å². The van der Waals surface area contributed by atoms with Crippen molar-refractivity contribution in [2.24, 2.45) is 11.8 Å². The third kappa shape index (κ3) is 9.27. The van der Waals surface area contributed by atoms with Gasteiger partial charge in [0.05, 0.1) is 22.9 Å². The van der Waals surface area contributed by atoms with Crippen LogP contribution in [0.3, 0.4) is 0 Å². The van der Waals surface area contributed by atoms with Crippen LogP contribution < -0.4 is 20.9 Å². The first-order valence-corrected chi connectivity index (χ1v) is 26.1. The molecule has 4 fully saturated rings. The van der Waals surface area contributed by atoms with Crippen LogP contribution >= 0.6 is 0 Å². The normalized spacial score (nSPS) is 21.8. The Kier molecular flexibility index (Phi) is 12.8. The van der Waals surface area contributed by atoms with Gasteiger partial charge in [-0.15, -0.1) is 0 Å². The molecule has 2 saturated carbocycles. The number of benzene rings is 4. The minimum absolute atomic E-state index is 0.196. The quantitative estimate of drug-likeness (QED) is 0.118. The zero-order chi connectivity index (χ0) is 48.5. The number of hydrogen-bond acceptors (Lipinski definition) is 13. The van der Waals surface area contributed by atoms with Crippen molar-refractivity contribution in [1.29, 1.82) is 0 Å². The summed E-state index contributed by atoms with van der Waals surface area (Å²) >= 11 is 0. The van der Waals surface area contributed by atoms with Gasteiger partial charge in [-0.2, -0.15) is 10.2 Å². The zero-order valence-corrected chi connectivity index (χ0v) is 40.7. The number of piperidine rings is 2. The third-order valence-electron chi connectivity index (χ3n) is 16.2. The summed E-state index contributed by atoms with van der Waals surface area (Å²) in [6.07, 6.45) is 15.4. The highest BCUT2D eigenvalue weighted by atomic mass is 16.5. The summed E-state index contributed by atoms with van der Waals surface area (Å²) in [5, 5.41) is 11.9. The van der Waals surface area contributed by atoms with E-state index >= 15 is 0 Å². The molecule has 0 bridgehead atoms. The van der Waals surface area contributed by atoms with Crippen molar-refractivity contribution >= 4 is 39.5 Å². The van der Waals surface area contributed by atoms with Crippen molar-refractivity contribution in [3.05, 3.63) is 122 Å². The fraction of sp³-hybridized carbons (Fsp3) is 0.386. The molecule has 8 aromatic rings. The minimum Gasteiger partial charge on any atom is -0.457 e. The van der Waals surface area contributed by atoms with Crippen LogP contribution in [-0.2, 0) is 4.79 Å². The van der Waals surface area contributed by atoms with E-state index in [1.54, 1.807) is 12.7 Å². The van der Waals surface area contributed by atoms with Crippen LogP contribution in [0.1, 0.15) is 89.1 Å². The number of anilines is 2. The van der Waals surface area contributed by atoms with E-state index in [0.29, 0.717) is 29.5 Å². The number of nitrogens with zero attached hydrogens (tertiary/aromatic N) is 10. The van der Waals surface area contributed by atoms with Crippen LogP contribution in [0.15, 0.2) is 122 Å². The van der Waals surface area contributed by atoms with Gasteiger partial charge in [0, 0.05) is 61.2 Å². The highest BCUT2D eigenvalue weighted by Gasteiger charge is 2.38. The van der Waals surface area contributed by atoms with E-state index < -0.39 is 0 Å². The van der Waals surface area contributed by atoms with Crippen molar-refractivity contribution < 1.29 is 14.3 Å². The molecule has 2 aliphatic carbocycles. The van der Waals surface area contributed by atoms with E-state index in [0.717, 1.165) is 171 Å². The molecule has 2 aliphatic heterocycles. The lowest BCUT2D eigenvalue weighted by Gasteiger charge is -2.42. The van der Waals surface area contributed by atoms with Gasteiger partial charge in [-0.25, -0.2) is 29.3 Å². The second-order valence-corrected chi connectivity index (χ2v) is 20.3. The first kappa shape index (κ1) is 45.9. The monoisotopic (exact) mass is 963 g/mol. The summed E-state index contributed by atoms with van der Waals surface area (Å²) in [5.41, 5.74) is 18.0.